The maximum Gasteiger partial charge on any atom is 0.228 e. The Labute approximate surface area is 182 Å². The van der Waals surface area contributed by atoms with Crippen molar-refractivity contribution in [3.05, 3.63) is 24.3 Å². The van der Waals surface area contributed by atoms with Crippen LogP contribution in [0.25, 0.3) is 11.0 Å². The molecule has 31 heavy (non-hydrogen) atoms. The quantitative estimate of drug-likeness (QED) is 0.526. The summed E-state index contributed by atoms with van der Waals surface area (Å²) in [5.74, 6) is 2.34. The van der Waals surface area contributed by atoms with Gasteiger partial charge in [0.15, 0.2) is 5.82 Å². The molecule has 0 aromatic carbocycles. The summed E-state index contributed by atoms with van der Waals surface area (Å²) in [4.78, 5) is 20.5. The van der Waals surface area contributed by atoms with E-state index in [0.717, 1.165) is 55.3 Å². The molecule has 166 valence electrons. The van der Waals surface area contributed by atoms with Crippen LogP contribution in [0.2, 0.25) is 0 Å². The van der Waals surface area contributed by atoms with Gasteiger partial charge in [-0.15, -0.1) is 0 Å². The van der Waals surface area contributed by atoms with Gasteiger partial charge in [-0.3, -0.25) is 4.68 Å². The SMILES string of the molecule is CCOCCn1nc(C(C)C)c2nc(N3CCCNCC3)nc(Nc3ccncn3)c21. The fourth-order valence-corrected chi connectivity index (χ4v) is 3.70. The molecule has 0 bridgehead atoms. The van der Waals surface area contributed by atoms with Crippen molar-refractivity contribution >= 4 is 28.6 Å². The molecular weight excluding hydrogens is 394 g/mol. The van der Waals surface area contributed by atoms with E-state index in [2.05, 4.69) is 39.3 Å². The summed E-state index contributed by atoms with van der Waals surface area (Å²) < 4.78 is 7.55. The topological polar surface area (TPSA) is 106 Å². The number of ether oxygens (including phenoxy) is 1. The molecule has 1 aliphatic heterocycles. The fraction of sp³-hybridized carbons (Fsp3) is 0.571. The Hall–Kier alpha value is -2.85. The Morgan fingerprint density at radius 1 is 1.23 bits per heavy atom. The standard InChI is InChI=1S/C21H31N9O/c1-4-31-13-12-30-19-18(17(28-30)15(2)3)26-21(29-10-5-7-22-9-11-29)27-20(19)25-16-6-8-23-14-24-16/h6,8,14-15,22H,4-5,7,9-13H2,1-3H3,(H,23,24,25,26,27). The summed E-state index contributed by atoms with van der Waals surface area (Å²) in [5.41, 5.74) is 2.72. The van der Waals surface area contributed by atoms with Gasteiger partial charge >= 0.3 is 0 Å². The second-order valence-corrected chi connectivity index (χ2v) is 7.84. The number of hydrogen-bond donors (Lipinski definition) is 2. The van der Waals surface area contributed by atoms with Crippen molar-refractivity contribution in [1.82, 2.24) is 35.0 Å². The van der Waals surface area contributed by atoms with E-state index >= 15 is 0 Å². The van der Waals surface area contributed by atoms with Crippen molar-refractivity contribution in [3.63, 3.8) is 0 Å². The van der Waals surface area contributed by atoms with Crippen LogP contribution in [-0.4, -0.2) is 69.1 Å². The summed E-state index contributed by atoms with van der Waals surface area (Å²) in [7, 11) is 0. The average Bonchev–Trinajstić information content (AvgIpc) is 2.95. The number of hydrogen-bond acceptors (Lipinski definition) is 9. The maximum atomic E-state index is 5.59. The second-order valence-electron chi connectivity index (χ2n) is 7.84. The van der Waals surface area contributed by atoms with Crippen LogP contribution in [-0.2, 0) is 11.3 Å². The zero-order valence-electron chi connectivity index (χ0n) is 18.5. The third-order valence-electron chi connectivity index (χ3n) is 5.25. The number of aromatic nitrogens is 6. The van der Waals surface area contributed by atoms with E-state index in [1.165, 1.54) is 6.33 Å². The predicted octanol–water partition coefficient (Wildman–Crippen LogP) is 2.32. The van der Waals surface area contributed by atoms with E-state index in [4.69, 9.17) is 19.8 Å². The van der Waals surface area contributed by atoms with Crippen LogP contribution in [0.4, 0.5) is 17.6 Å². The highest BCUT2D eigenvalue weighted by molar-refractivity contribution is 5.90. The minimum atomic E-state index is 0.233. The summed E-state index contributed by atoms with van der Waals surface area (Å²) in [5, 5.41) is 11.7. The molecule has 0 amide bonds. The van der Waals surface area contributed by atoms with Gasteiger partial charge in [-0.1, -0.05) is 13.8 Å². The highest BCUT2D eigenvalue weighted by Gasteiger charge is 2.23. The van der Waals surface area contributed by atoms with E-state index in [0.29, 0.717) is 31.4 Å². The molecular formula is C21H31N9O. The largest absolute Gasteiger partial charge is 0.380 e. The Morgan fingerprint density at radius 3 is 2.90 bits per heavy atom. The molecule has 10 nitrogen and oxygen atoms in total. The van der Waals surface area contributed by atoms with Gasteiger partial charge in [0.05, 0.1) is 18.8 Å². The molecule has 3 aromatic heterocycles. The van der Waals surface area contributed by atoms with Crippen LogP contribution in [0, 0.1) is 0 Å². The summed E-state index contributed by atoms with van der Waals surface area (Å²) in [6.07, 6.45) is 4.29. The van der Waals surface area contributed by atoms with Crippen LogP contribution in [0.3, 0.4) is 0 Å². The first-order chi connectivity index (χ1) is 15.2. The molecule has 1 saturated heterocycles. The summed E-state index contributed by atoms with van der Waals surface area (Å²) in [6, 6.07) is 1.83. The van der Waals surface area contributed by atoms with Gasteiger partial charge in [0.1, 0.15) is 23.2 Å². The number of anilines is 3. The average molecular weight is 426 g/mol. The molecule has 0 atom stereocenters. The molecule has 10 heteroatoms. The molecule has 0 aliphatic carbocycles. The Morgan fingerprint density at radius 2 is 2.13 bits per heavy atom. The number of fused-ring (bicyclic) bond motifs is 1. The van der Waals surface area contributed by atoms with E-state index in [1.54, 1.807) is 6.20 Å². The molecule has 1 aliphatic rings. The minimum Gasteiger partial charge on any atom is -0.380 e. The van der Waals surface area contributed by atoms with Crippen molar-refractivity contribution in [2.45, 2.75) is 39.7 Å². The second kappa shape index (κ2) is 9.97. The van der Waals surface area contributed by atoms with Crippen LogP contribution in [0.15, 0.2) is 18.6 Å². The van der Waals surface area contributed by atoms with Gasteiger partial charge in [-0.25, -0.2) is 15.0 Å². The smallest absolute Gasteiger partial charge is 0.228 e. The van der Waals surface area contributed by atoms with E-state index in [-0.39, 0.29) is 5.92 Å². The van der Waals surface area contributed by atoms with Crippen molar-refractivity contribution in [3.8, 4) is 0 Å². The first kappa shape index (κ1) is 21.4. The molecule has 0 saturated carbocycles. The Kier molecular flexibility index (Phi) is 6.88. The van der Waals surface area contributed by atoms with Crippen molar-refractivity contribution in [2.24, 2.45) is 0 Å². The predicted molar refractivity (Wildman–Crippen MR) is 121 cm³/mol. The van der Waals surface area contributed by atoms with Gasteiger partial charge in [0, 0.05) is 32.4 Å². The van der Waals surface area contributed by atoms with Gasteiger partial charge < -0.3 is 20.3 Å². The minimum absolute atomic E-state index is 0.233. The highest BCUT2D eigenvalue weighted by atomic mass is 16.5. The van der Waals surface area contributed by atoms with Gasteiger partial charge in [-0.2, -0.15) is 10.1 Å². The molecule has 1 fully saturated rings. The van der Waals surface area contributed by atoms with Crippen LogP contribution in [0.5, 0.6) is 0 Å². The molecule has 2 N–H and O–H groups in total. The lowest BCUT2D eigenvalue weighted by Crippen LogP contribution is -2.29. The molecule has 0 spiro atoms. The Bertz CT molecular complexity index is 981. The normalized spacial score (nSPS) is 14.9. The maximum absolute atomic E-state index is 5.59. The molecule has 4 rings (SSSR count). The monoisotopic (exact) mass is 425 g/mol. The fourth-order valence-electron chi connectivity index (χ4n) is 3.70. The van der Waals surface area contributed by atoms with Crippen LogP contribution in [0.1, 0.15) is 38.8 Å². The lowest BCUT2D eigenvalue weighted by atomic mass is 10.1. The highest BCUT2D eigenvalue weighted by Crippen LogP contribution is 2.31. The molecule has 3 aromatic rings. The van der Waals surface area contributed by atoms with Crippen LogP contribution < -0.4 is 15.5 Å². The van der Waals surface area contributed by atoms with Crippen LogP contribution >= 0.6 is 0 Å². The van der Waals surface area contributed by atoms with Crippen molar-refractivity contribution in [1.29, 1.82) is 0 Å². The third kappa shape index (κ3) is 4.91. The summed E-state index contributed by atoms with van der Waals surface area (Å²) >= 11 is 0. The van der Waals surface area contributed by atoms with Gasteiger partial charge in [0.25, 0.3) is 0 Å². The molecule has 0 radical (unpaired) electrons. The lowest BCUT2D eigenvalue weighted by Gasteiger charge is -2.21. The van der Waals surface area contributed by atoms with Crippen molar-refractivity contribution in [2.75, 3.05) is 49.6 Å². The zero-order valence-corrected chi connectivity index (χ0v) is 18.5. The number of nitrogens with one attached hydrogen (secondary N) is 2. The molecule has 4 heterocycles. The molecule has 0 unspecified atom stereocenters. The first-order valence-electron chi connectivity index (χ1n) is 11.0. The lowest BCUT2D eigenvalue weighted by molar-refractivity contribution is 0.137. The number of rotatable bonds is 8. The first-order valence-corrected chi connectivity index (χ1v) is 11.0. The van der Waals surface area contributed by atoms with Gasteiger partial charge in [0.2, 0.25) is 5.95 Å². The van der Waals surface area contributed by atoms with E-state index in [9.17, 15) is 0 Å². The summed E-state index contributed by atoms with van der Waals surface area (Å²) in [6.45, 7) is 11.9. The third-order valence-corrected chi connectivity index (χ3v) is 5.25. The van der Waals surface area contributed by atoms with Crippen molar-refractivity contribution < 1.29 is 4.74 Å². The van der Waals surface area contributed by atoms with Gasteiger partial charge in [-0.05, 0) is 31.9 Å². The Balaban J connectivity index is 1.83. The van der Waals surface area contributed by atoms with E-state index in [1.807, 2.05) is 17.7 Å². The number of nitrogens with zero attached hydrogens (tertiary/aromatic N) is 7. The zero-order chi connectivity index (χ0) is 21.6. The van der Waals surface area contributed by atoms with E-state index < -0.39 is 0 Å².